The Morgan fingerprint density at radius 3 is 2.79 bits per heavy atom. The number of ether oxygens (including phenoxy) is 2. The highest BCUT2D eigenvalue weighted by Crippen LogP contribution is 2.29. The molecule has 0 radical (unpaired) electrons. The fourth-order valence-corrected chi connectivity index (χ4v) is 5.25. The third-order valence-electron chi connectivity index (χ3n) is 6.49. The maximum absolute atomic E-state index is 12.7. The zero-order valence-electron chi connectivity index (χ0n) is 19.8. The number of nitrogens with zero attached hydrogens (tertiary/aromatic N) is 4. The maximum Gasteiger partial charge on any atom is 0.230 e. The SMILES string of the molecule is COc1ccccc1C(C)NC(=O)CSc1nnc(N2CCC(C)CC2)n1CC1CCCO1. The Bertz CT molecular complexity index is 923. The van der Waals surface area contributed by atoms with Crippen molar-refractivity contribution in [3.63, 3.8) is 0 Å². The number of hydrogen-bond acceptors (Lipinski definition) is 7. The number of thioether (sulfide) groups is 1. The van der Waals surface area contributed by atoms with Gasteiger partial charge in [-0.15, -0.1) is 10.2 Å². The second-order valence-corrected chi connectivity index (χ2v) is 9.96. The van der Waals surface area contributed by atoms with Crippen molar-refractivity contribution in [1.29, 1.82) is 0 Å². The molecule has 0 spiro atoms. The summed E-state index contributed by atoms with van der Waals surface area (Å²) in [5, 5.41) is 12.9. The molecule has 2 aromatic rings. The van der Waals surface area contributed by atoms with Crippen LogP contribution in [0.4, 0.5) is 5.95 Å². The molecule has 2 aliphatic rings. The van der Waals surface area contributed by atoms with E-state index in [1.807, 2.05) is 31.2 Å². The molecule has 1 aromatic carbocycles. The molecule has 33 heavy (non-hydrogen) atoms. The zero-order chi connectivity index (χ0) is 23.2. The molecule has 0 bridgehead atoms. The van der Waals surface area contributed by atoms with Gasteiger partial charge < -0.3 is 19.7 Å². The summed E-state index contributed by atoms with van der Waals surface area (Å²) in [5.41, 5.74) is 0.960. The lowest BCUT2D eigenvalue weighted by atomic mass is 10.00. The first-order valence-corrected chi connectivity index (χ1v) is 12.9. The van der Waals surface area contributed by atoms with E-state index in [4.69, 9.17) is 9.47 Å². The van der Waals surface area contributed by atoms with E-state index in [1.54, 1.807) is 7.11 Å². The van der Waals surface area contributed by atoms with Crippen molar-refractivity contribution in [3.05, 3.63) is 29.8 Å². The van der Waals surface area contributed by atoms with Crippen LogP contribution in [0.5, 0.6) is 5.75 Å². The number of anilines is 1. The Kier molecular flexibility index (Phi) is 8.14. The fourth-order valence-electron chi connectivity index (χ4n) is 4.50. The average Bonchev–Trinajstić information content (AvgIpc) is 3.48. The molecule has 1 aromatic heterocycles. The number of carbonyl (C=O) groups is 1. The Balaban J connectivity index is 1.41. The highest BCUT2D eigenvalue weighted by atomic mass is 32.2. The van der Waals surface area contributed by atoms with Gasteiger partial charge in [-0.3, -0.25) is 9.36 Å². The van der Waals surface area contributed by atoms with Crippen molar-refractivity contribution < 1.29 is 14.3 Å². The summed E-state index contributed by atoms with van der Waals surface area (Å²) in [6.45, 7) is 7.81. The average molecular weight is 474 g/mol. The van der Waals surface area contributed by atoms with E-state index >= 15 is 0 Å². The number of para-hydroxylation sites is 1. The van der Waals surface area contributed by atoms with Gasteiger partial charge in [0, 0.05) is 25.3 Å². The number of rotatable bonds is 9. The number of hydrogen-bond donors (Lipinski definition) is 1. The third kappa shape index (κ3) is 6.00. The number of aromatic nitrogens is 3. The van der Waals surface area contributed by atoms with E-state index < -0.39 is 0 Å². The fraction of sp³-hybridized carbons (Fsp3) is 0.625. The summed E-state index contributed by atoms with van der Waals surface area (Å²) in [7, 11) is 1.64. The number of amides is 1. The van der Waals surface area contributed by atoms with Gasteiger partial charge in [0.2, 0.25) is 11.9 Å². The van der Waals surface area contributed by atoms with Crippen LogP contribution in [0.2, 0.25) is 0 Å². The third-order valence-corrected chi connectivity index (χ3v) is 7.46. The van der Waals surface area contributed by atoms with Crippen LogP contribution < -0.4 is 15.0 Å². The van der Waals surface area contributed by atoms with Gasteiger partial charge in [-0.05, 0) is 44.6 Å². The van der Waals surface area contributed by atoms with Gasteiger partial charge in [0.15, 0.2) is 5.16 Å². The predicted octanol–water partition coefficient (Wildman–Crippen LogP) is 3.67. The smallest absolute Gasteiger partial charge is 0.230 e. The molecule has 2 aliphatic heterocycles. The minimum Gasteiger partial charge on any atom is -0.496 e. The van der Waals surface area contributed by atoms with Crippen LogP contribution in [-0.4, -0.2) is 59.3 Å². The lowest BCUT2D eigenvalue weighted by Crippen LogP contribution is -2.35. The molecule has 2 fully saturated rings. The molecule has 2 atom stereocenters. The molecule has 0 aliphatic carbocycles. The molecule has 2 saturated heterocycles. The summed E-state index contributed by atoms with van der Waals surface area (Å²) in [4.78, 5) is 15.1. The molecule has 2 unspecified atom stereocenters. The van der Waals surface area contributed by atoms with Gasteiger partial charge >= 0.3 is 0 Å². The quantitative estimate of drug-likeness (QED) is 0.557. The molecule has 4 rings (SSSR count). The van der Waals surface area contributed by atoms with Crippen molar-refractivity contribution in [2.24, 2.45) is 5.92 Å². The molecule has 0 saturated carbocycles. The van der Waals surface area contributed by atoms with Crippen molar-refractivity contribution >= 4 is 23.6 Å². The Morgan fingerprint density at radius 1 is 1.27 bits per heavy atom. The molecule has 3 heterocycles. The van der Waals surface area contributed by atoms with Crippen LogP contribution in [0.15, 0.2) is 29.4 Å². The predicted molar refractivity (Wildman–Crippen MR) is 130 cm³/mol. The van der Waals surface area contributed by atoms with Crippen LogP contribution in [-0.2, 0) is 16.1 Å². The van der Waals surface area contributed by atoms with Gasteiger partial charge in [0.05, 0.1) is 31.6 Å². The van der Waals surface area contributed by atoms with Crippen LogP contribution in [0.1, 0.15) is 51.1 Å². The summed E-state index contributed by atoms with van der Waals surface area (Å²) >= 11 is 1.43. The standard InChI is InChI=1S/C24H35N5O3S/c1-17-10-12-28(13-11-17)23-26-27-24(29(23)15-19-7-6-14-32-19)33-16-22(30)25-18(2)20-8-4-5-9-21(20)31-3/h4-5,8-9,17-19H,6-7,10-16H2,1-3H3,(H,25,30). The van der Waals surface area contributed by atoms with E-state index in [2.05, 4.69) is 31.9 Å². The van der Waals surface area contributed by atoms with E-state index in [1.165, 1.54) is 24.6 Å². The first kappa shape index (κ1) is 23.9. The molecule has 1 amide bonds. The van der Waals surface area contributed by atoms with Crippen LogP contribution >= 0.6 is 11.8 Å². The monoisotopic (exact) mass is 473 g/mol. The van der Waals surface area contributed by atoms with E-state index in [0.717, 1.165) is 67.4 Å². The largest absolute Gasteiger partial charge is 0.496 e. The minimum absolute atomic E-state index is 0.0431. The summed E-state index contributed by atoms with van der Waals surface area (Å²) < 4.78 is 13.5. The molecular formula is C24H35N5O3S. The van der Waals surface area contributed by atoms with Crippen molar-refractivity contribution in [2.75, 3.05) is 37.5 Å². The number of piperidine rings is 1. The van der Waals surface area contributed by atoms with Crippen LogP contribution in [0.3, 0.4) is 0 Å². The normalized spacial score (nSPS) is 20.1. The molecule has 180 valence electrons. The number of nitrogens with one attached hydrogen (secondary N) is 1. The van der Waals surface area contributed by atoms with Crippen LogP contribution in [0, 0.1) is 5.92 Å². The number of benzene rings is 1. The molecule has 8 nitrogen and oxygen atoms in total. The van der Waals surface area contributed by atoms with Crippen molar-refractivity contribution in [1.82, 2.24) is 20.1 Å². The Morgan fingerprint density at radius 2 is 2.06 bits per heavy atom. The number of methoxy groups -OCH3 is 1. The van der Waals surface area contributed by atoms with E-state index in [9.17, 15) is 4.79 Å². The Labute approximate surface area is 200 Å². The first-order chi connectivity index (χ1) is 16.0. The minimum atomic E-state index is -0.148. The Hall–Kier alpha value is -2.26. The highest BCUT2D eigenvalue weighted by molar-refractivity contribution is 7.99. The second kappa shape index (κ2) is 11.2. The molecule has 9 heteroatoms. The number of carbonyl (C=O) groups excluding carboxylic acids is 1. The summed E-state index contributed by atoms with van der Waals surface area (Å²) in [6.07, 6.45) is 4.66. The van der Waals surface area contributed by atoms with Crippen LogP contribution in [0.25, 0.3) is 0 Å². The lowest BCUT2D eigenvalue weighted by molar-refractivity contribution is -0.119. The highest BCUT2D eigenvalue weighted by Gasteiger charge is 2.26. The molecular weight excluding hydrogens is 438 g/mol. The summed E-state index contributed by atoms with van der Waals surface area (Å²) in [6, 6.07) is 7.61. The van der Waals surface area contributed by atoms with Gasteiger partial charge in [-0.1, -0.05) is 36.9 Å². The van der Waals surface area contributed by atoms with Crippen molar-refractivity contribution in [3.8, 4) is 5.75 Å². The van der Waals surface area contributed by atoms with Gasteiger partial charge in [0.25, 0.3) is 0 Å². The topological polar surface area (TPSA) is 81.5 Å². The lowest BCUT2D eigenvalue weighted by Gasteiger charge is -2.31. The van der Waals surface area contributed by atoms with Gasteiger partial charge in [-0.25, -0.2) is 0 Å². The zero-order valence-corrected chi connectivity index (χ0v) is 20.6. The summed E-state index contributed by atoms with van der Waals surface area (Å²) in [5.74, 6) is 2.66. The van der Waals surface area contributed by atoms with Crippen molar-refractivity contribution in [2.45, 2.75) is 63.4 Å². The van der Waals surface area contributed by atoms with E-state index in [0.29, 0.717) is 0 Å². The van der Waals surface area contributed by atoms with E-state index in [-0.39, 0.29) is 23.8 Å². The maximum atomic E-state index is 12.7. The first-order valence-electron chi connectivity index (χ1n) is 11.9. The molecule has 1 N–H and O–H groups in total. The second-order valence-electron chi connectivity index (χ2n) is 9.02. The van der Waals surface area contributed by atoms with Gasteiger partial charge in [0.1, 0.15) is 5.75 Å². The van der Waals surface area contributed by atoms with Gasteiger partial charge in [-0.2, -0.15) is 0 Å².